The van der Waals surface area contributed by atoms with Gasteiger partial charge in [0.15, 0.2) is 0 Å². The van der Waals surface area contributed by atoms with Crippen LogP contribution >= 0.6 is 0 Å². The fraction of sp³-hybridized carbons (Fsp3) is 0.529. The number of anilines is 1. The molecule has 2 heterocycles. The minimum absolute atomic E-state index is 0.515. The lowest BCUT2D eigenvalue weighted by Crippen LogP contribution is -2.32. The molecule has 2 aliphatic carbocycles. The molecule has 0 aromatic carbocycles. The first kappa shape index (κ1) is 13.8. The maximum Gasteiger partial charge on any atom is 0.0967 e. The van der Waals surface area contributed by atoms with Gasteiger partial charge in [0.25, 0.3) is 0 Å². The Bertz CT molecular complexity index is 667. The van der Waals surface area contributed by atoms with Crippen LogP contribution < -0.4 is 11.1 Å². The third kappa shape index (κ3) is 2.29. The molecule has 0 amide bonds. The SMILES string of the molecule is CNc1cccnc1-c1cn(C2CC(CN)C2)nc1C1CC1. The van der Waals surface area contributed by atoms with Gasteiger partial charge in [0.2, 0.25) is 0 Å². The maximum atomic E-state index is 5.75. The fourth-order valence-corrected chi connectivity index (χ4v) is 3.36. The normalized spacial score (nSPS) is 24.1. The van der Waals surface area contributed by atoms with Gasteiger partial charge in [-0.1, -0.05) is 0 Å². The van der Waals surface area contributed by atoms with Crippen LogP contribution in [0, 0.1) is 5.92 Å². The van der Waals surface area contributed by atoms with Crippen molar-refractivity contribution in [3.8, 4) is 11.3 Å². The predicted octanol–water partition coefficient (Wildman–Crippen LogP) is 2.77. The number of rotatable bonds is 5. The van der Waals surface area contributed by atoms with E-state index in [2.05, 4.69) is 27.2 Å². The molecular weight excluding hydrogens is 274 g/mol. The van der Waals surface area contributed by atoms with E-state index in [0.717, 1.165) is 30.8 Å². The van der Waals surface area contributed by atoms with Gasteiger partial charge in [-0.05, 0) is 50.3 Å². The van der Waals surface area contributed by atoms with Crippen LogP contribution in [-0.2, 0) is 0 Å². The quantitative estimate of drug-likeness (QED) is 0.890. The Balaban J connectivity index is 1.70. The van der Waals surface area contributed by atoms with E-state index in [0.29, 0.717) is 17.9 Å². The van der Waals surface area contributed by atoms with Crippen molar-refractivity contribution < 1.29 is 0 Å². The molecule has 2 saturated carbocycles. The molecule has 22 heavy (non-hydrogen) atoms. The van der Waals surface area contributed by atoms with Gasteiger partial charge in [0.1, 0.15) is 0 Å². The van der Waals surface area contributed by atoms with Crippen molar-refractivity contribution in [3.63, 3.8) is 0 Å². The van der Waals surface area contributed by atoms with Crippen LogP contribution in [0.15, 0.2) is 24.5 Å². The smallest absolute Gasteiger partial charge is 0.0967 e. The van der Waals surface area contributed by atoms with Crippen LogP contribution in [0.1, 0.15) is 43.3 Å². The second-order valence-corrected chi connectivity index (χ2v) is 6.56. The van der Waals surface area contributed by atoms with E-state index in [4.69, 9.17) is 10.8 Å². The Morgan fingerprint density at radius 3 is 2.86 bits per heavy atom. The third-order valence-corrected chi connectivity index (χ3v) is 4.98. The topological polar surface area (TPSA) is 68.8 Å². The summed E-state index contributed by atoms with van der Waals surface area (Å²) >= 11 is 0. The van der Waals surface area contributed by atoms with Crippen LogP contribution in [0.2, 0.25) is 0 Å². The number of pyridine rings is 1. The van der Waals surface area contributed by atoms with Crippen LogP contribution in [0.3, 0.4) is 0 Å². The third-order valence-electron chi connectivity index (χ3n) is 4.98. The average molecular weight is 297 g/mol. The van der Waals surface area contributed by atoms with E-state index in [-0.39, 0.29) is 0 Å². The lowest BCUT2D eigenvalue weighted by molar-refractivity contribution is 0.189. The van der Waals surface area contributed by atoms with Crippen LogP contribution in [0.25, 0.3) is 11.3 Å². The molecule has 5 nitrogen and oxygen atoms in total. The van der Waals surface area contributed by atoms with Crippen molar-refractivity contribution in [3.05, 3.63) is 30.2 Å². The number of nitrogens with zero attached hydrogens (tertiary/aromatic N) is 3. The van der Waals surface area contributed by atoms with Crippen molar-refractivity contribution >= 4 is 5.69 Å². The lowest BCUT2D eigenvalue weighted by Gasteiger charge is -2.34. The van der Waals surface area contributed by atoms with Crippen molar-refractivity contribution in [2.45, 2.75) is 37.6 Å². The molecule has 2 aliphatic rings. The highest BCUT2D eigenvalue weighted by Gasteiger charge is 2.34. The van der Waals surface area contributed by atoms with Gasteiger partial charge >= 0.3 is 0 Å². The van der Waals surface area contributed by atoms with Gasteiger partial charge in [0.05, 0.1) is 23.1 Å². The maximum absolute atomic E-state index is 5.75. The summed E-state index contributed by atoms with van der Waals surface area (Å²) in [7, 11) is 1.94. The minimum atomic E-state index is 0.515. The first-order chi connectivity index (χ1) is 10.8. The van der Waals surface area contributed by atoms with Crippen LogP contribution in [0.5, 0.6) is 0 Å². The molecule has 0 spiro atoms. The molecule has 5 heteroatoms. The van der Waals surface area contributed by atoms with E-state index >= 15 is 0 Å². The number of aromatic nitrogens is 3. The van der Waals surface area contributed by atoms with Gasteiger partial charge in [-0.3, -0.25) is 9.67 Å². The Labute approximate surface area is 130 Å². The highest BCUT2D eigenvalue weighted by Crippen LogP contribution is 2.46. The molecule has 116 valence electrons. The van der Waals surface area contributed by atoms with Gasteiger partial charge in [-0.2, -0.15) is 5.10 Å². The summed E-state index contributed by atoms with van der Waals surface area (Å²) in [6.07, 6.45) is 8.88. The summed E-state index contributed by atoms with van der Waals surface area (Å²) in [6.45, 7) is 0.796. The second-order valence-electron chi connectivity index (χ2n) is 6.56. The molecule has 2 fully saturated rings. The summed E-state index contributed by atoms with van der Waals surface area (Å²) in [5.41, 5.74) is 10.3. The Hall–Kier alpha value is -1.88. The lowest BCUT2D eigenvalue weighted by atomic mass is 9.80. The van der Waals surface area contributed by atoms with Crippen molar-refractivity contribution in [2.24, 2.45) is 11.7 Å². The predicted molar refractivity (Wildman–Crippen MR) is 87.8 cm³/mol. The van der Waals surface area contributed by atoms with E-state index in [9.17, 15) is 0 Å². The number of nitrogens with two attached hydrogens (primary N) is 1. The molecule has 0 atom stereocenters. The van der Waals surface area contributed by atoms with E-state index in [1.807, 2.05) is 19.3 Å². The summed E-state index contributed by atoms with van der Waals surface area (Å²) in [4.78, 5) is 4.60. The zero-order chi connectivity index (χ0) is 15.1. The first-order valence-electron chi connectivity index (χ1n) is 8.22. The molecule has 2 aromatic heterocycles. The van der Waals surface area contributed by atoms with E-state index in [1.54, 1.807) is 0 Å². The Morgan fingerprint density at radius 2 is 2.18 bits per heavy atom. The van der Waals surface area contributed by atoms with Gasteiger partial charge in [0, 0.05) is 30.9 Å². The molecule has 0 saturated heterocycles. The summed E-state index contributed by atoms with van der Waals surface area (Å²) < 4.78 is 2.17. The zero-order valence-corrected chi connectivity index (χ0v) is 13.0. The minimum Gasteiger partial charge on any atom is -0.386 e. The average Bonchev–Trinajstić information content (AvgIpc) is 3.26. The fourth-order valence-electron chi connectivity index (χ4n) is 3.36. The first-order valence-corrected chi connectivity index (χ1v) is 8.22. The molecule has 3 N–H and O–H groups in total. The molecule has 4 rings (SSSR count). The van der Waals surface area contributed by atoms with Crippen molar-refractivity contribution in [2.75, 3.05) is 18.9 Å². The summed E-state index contributed by atoms with van der Waals surface area (Å²) in [5, 5.41) is 8.17. The number of nitrogens with one attached hydrogen (secondary N) is 1. The Kier molecular flexibility index (Phi) is 3.37. The summed E-state index contributed by atoms with van der Waals surface area (Å²) in [5.74, 6) is 1.29. The summed E-state index contributed by atoms with van der Waals surface area (Å²) in [6, 6.07) is 4.56. The zero-order valence-electron chi connectivity index (χ0n) is 13.0. The van der Waals surface area contributed by atoms with E-state index in [1.165, 1.54) is 24.1 Å². The van der Waals surface area contributed by atoms with Crippen LogP contribution in [0.4, 0.5) is 5.69 Å². The van der Waals surface area contributed by atoms with Gasteiger partial charge in [-0.15, -0.1) is 0 Å². The van der Waals surface area contributed by atoms with Crippen molar-refractivity contribution in [1.82, 2.24) is 14.8 Å². The number of hydrogen-bond donors (Lipinski definition) is 2. The molecule has 0 radical (unpaired) electrons. The highest BCUT2D eigenvalue weighted by molar-refractivity contribution is 5.75. The standard InChI is InChI=1S/C17H23N5/c1-19-15-3-2-6-20-17(15)14-10-22(13-7-11(8-13)9-18)21-16(14)12-4-5-12/h2-3,6,10-13,19H,4-5,7-9,18H2,1H3. The largest absolute Gasteiger partial charge is 0.386 e. The number of hydrogen-bond acceptors (Lipinski definition) is 4. The monoisotopic (exact) mass is 297 g/mol. The molecule has 0 bridgehead atoms. The molecule has 2 aromatic rings. The van der Waals surface area contributed by atoms with Gasteiger partial charge in [-0.25, -0.2) is 0 Å². The molecule has 0 aliphatic heterocycles. The van der Waals surface area contributed by atoms with Crippen molar-refractivity contribution in [1.29, 1.82) is 0 Å². The van der Waals surface area contributed by atoms with Crippen LogP contribution in [-0.4, -0.2) is 28.4 Å². The van der Waals surface area contributed by atoms with E-state index < -0.39 is 0 Å². The highest BCUT2D eigenvalue weighted by atomic mass is 15.3. The van der Waals surface area contributed by atoms with Gasteiger partial charge < -0.3 is 11.1 Å². The molecule has 0 unspecified atom stereocenters. The second kappa shape index (κ2) is 5.39. The Morgan fingerprint density at radius 1 is 1.36 bits per heavy atom. The molecular formula is C17H23N5.